The first-order valence-electron chi connectivity index (χ1n) is 9.07. The van der Waals surface area contributed by atoms with E-state index in [0.717, 1.165) is 34.0 Å². The molecule has 0 N–H and O–H groups in total. The third-order valence-corrected chi connectivity index (χ3v) is 5.69. The summed E-state index contributed by atoms with van der Waals surface area (Å²) in [6, 6.07) is 16.3. The molecule has 0 aliphatic carbocycles. The molecule has 0 aliphatic heterocycles. The number of aromatic nitrogens is 2. The van der Waals surface area contributed by atoms with Gasteiger partial charge in [0.25, 0.3) is 0 Å². The van der Waals surface area contributed by atoms with Crippen LogP contribution in [0.4, 0.5) is 0 Å². The summed E-state index contributed by atoms with van der Waals surface area (Å²) < 4.78 is 7.30. The molecule has 0 fully saturated rings. The maximum Gasteiger partial charge on any atom is 0.189 e. The van der Waals surface area contributed by atoms with Crippen LogP contribution in [0, 0.1) is 13.8 Å². The van der Waals surface area contributed by atoms with E-state index in [1.54, 1.807) is 29.6 Å². The van der Waals surface area contributed by atoms with Gasteiger partial charge in [-0.05, 0) is 43.7 Å². The maximum atomic E-state index is 12.6. The topological polar surface area (TPSA) is 44.1 Å². The fraction of sp³-hybridized carbons (Fsp3) is 0.217. The number of hydrogen-bond donors (Lipinski definition) is 0. The third-order valence-electron chi connectivity index (χ3n) is 4.63. The van der Waals surface area contributed by atoms with Crippen LogP contribution < -0.4 is 4.74 Å². The first-order valence-corrected chi connectivity index (χ1v) is 10.1. The molecular formula is C23H24N2O2S. The van der Waals surface area contributed by atoms with E-state index < -0.39 is 0 Å². The normalized spacial score (nSPS) is 11.1. The Hall–Kier alpha value is -2.79. The van der Waals surface area contributed by atoms with E-state index in [-0.39, 0.29) is 5.78 Å². The lowest BCUT2D eigenvalue weighted by molar-refractivity contribution is 0.104. The van der Waals surface area contributed by atoms with Crippen molar-refractivity contribution in [3.8, 4) is 5.75 Å². The number of ether oxygens (including phenoxy) is 1. The standard InChI is InChI=1S/C23H24N2O2S/c1-16-23(17(2)25(3)24-16)21(26)13-11-18-10-12-19(22(14-18)27-4)15-28-20-8-6-5-7-9-20/h5-14H,15H2,1-4H3/b13-11+. The van der Waals surface area contributed by atoms with Crippen molar-refractivity contribution in [1.82, 2.24) is 9.78 Å². The number of methoxy groups -OCH3 is 1. The number of benzene rings is 2. The summed E-state index contributed by atoms with van der Waals surface area (Å²) in [5.41, 5.74) is 4.34. The molecule has 0 unspecified atom stereocenters. The van der Waals surface area contributed by atoms with Crippen molar-refractivity contribution < 1.29 is 9.53 Å². The quantitative estimate of drug-likeness (QED) is 0.314. The molecule has 0 bridgehead atoms. The summed E-state index contributed by atoms with van der Waals surface area (Å²) in [6.07, 6.45) is 3.43. The Labute approximate surface area is 170 Å². The second-order valence-corrected chi connectivity index (χ2v) is 7.59. The average Bonchev–Trinajstić information content (AvgIpc) is 2.97. The van der Waals surface area contributed by atoms with E-state index in [9.17, 15) is 4.79 Å². The number of thioether (sulfide) groups is 1. The minimum Gasteiger partial charge on any atom is -0.496 e. The number of carbonyl (C=O) groups excluding carboxylic acids is 1. The molecular weight excluding hydrogens is 368 g/mol. The fourth-order valence-corrected chi connectivity index (χ4v) is 3.96. The van der Waals surface area contributed by atoms with Crippen LogP contribution in [0.2, 0.25) is 0 Å². The highest BCUT2D eigenvalue weighted by molar-refractivity contribution is 7.98. The molecule has 1 aromatic heterocycles. The Morgan fingerprint density at radius 3 is 2.57 bits per heavy atom. The molecule has 4 nitrogen and oxygen atoms in total. The lowest BCUT2D eigenvalue weighted by Gasteiger charge is -2.09. The lowest BCUT2D eigenvalue weighted by atomic mass is 10.1. The Morgan fingerprint density at radius 1 is 1.18 bits per heavy atom. The predicted octanol–water partition coefficient (Wildman–Crippen LogP) is 5.23. The summed E-state index contributed by atoms with van der Waals surface area (Å²) in [5.74, 6) is 1.61. The SMILES string of the molecule is COc1cc(/C=C/C(=O)c2c(C)nn(C)c2C)ccc1CSc1ccccc1. The van der Waals surface area contributed by atoms with Crippen molar-refractivity contribution in [1.29, 1.82) is 0 Å². The van der Waals surface area contributed by atoms with Crippen molar-refractivity contribution in [2.75, 3.05) is 7.11 Å². The van der Waals surface area contributed by atoms with Crippen molar-refractivity contribution in [3.05, 3.63) is 82.7 Å². The van der Waals surface area contributed by atoms with Gasteiger partial charge in [0.1, 0.15) is 5.75 Å². The average molecular weight is 393 g/mol. The molecule has 5 heteroatoms. The zero-order valence-electron chi connectivity index (χ0n) is 16.6. The third kappa shape index (κ3) is 4.54. The van der Waals surface area contributed by atoms with Gasteiger partial charge in [-0.2, -0.15) is 5.10 Å². The first-order chi connectivity index (χ1) is 13.5. The van der Waals surface area contributed by atoms with Gasteiger partial charge >= 0.3 is 0 Å². The molecule has 144 valence electrons. The number of hydrogen-bond acceptors (Lipinski definition) is 4. The van der Waals surface area contributed by atoms with E-state index in [1.807, 2.05) is 57.3 Å². The largest absolute Gasteiger partial charge is 0.496 e. The zero-order chi connectivity index (χ0) is 20.1. The highest BCUT2D eigenvalue weighted by atomic mass is 32.2. The van der Waals surface area contributed by atoms with E-state index in [0.29, 0.717) is 5.56 Å². The Kier molecular flexibility index (Phi) is 6.37. The van der Waals surface area contributed by atoms with E-state index in [4.69, 9.17) is 4.74 Å². The number of ketones is 1. The van der Waals surface area contributed by atoms with Crippen molar-refractivity contribution in [2.24, 2.45) is 7.05 Å². The van der Waals surface area contributed by atoms with Gasteiger partial charge in [-0.15, -0.1) is 11.8 Å². The lowest BCUT2D eigenvalue weighted by Crippen LogP contribution is -1.99. The summed E-state index contributed by atoms with van der Waals surface area (Å²) >= 11 is 1.77. The van der Waals surface area contributed by atoms with Gasteiger partial charge in [-0.1, -0.05) is 36.4 Å². The molecule has 0 atom stereocenters. The van der Waals surface area contributed by atoms with E-state index >= 15 is 0 Å². The molecule has 0 saturated carbocycles. The van der Waals surface area contributed by atoms with Crippen molar-refractivity contribution in [3.63, 3.8) is 0 Å². The molecule has 3 aromatic rings. The number of nitrogens with zero attached hydrogens (tertiary/aromatic N) is 2. The first kappa shape index (κ1) is 20.0. The molecule has 0 spiro atoms. The van der Waals surface area contributed by atoms with Crippen molar-refractivity contribution >= 4 is 23.6 Å². The Bertz CT molecular complexity index is 1010. The van der Waals surface area contributed by atoms with Gasteiger partial charge in [0, 0.05) is 29.0 Å². The summed E-state index contributed by atoms with van der Waals surface area (Å²) in [5, 5.41) is 4.31. The summed E-state index contributed by atoms with van der Waals surface area (Å²) in [4.78, 5) is 13.8. The number of carbonyl (C=O) groups is 1. The van der Waals surface area contributed by atoms with Gasteiger partial charge in [0.15, 0.2) is 5.78 Å². The Balaban J connectivity index is 1.74. The molecule has 0 saturated heterocycles. The van der Waals surface area contributed by atoms with Gasteiger partial charge in [0.05, 0.1) is 18.4 Å². The monoisotopic (exact) mass is 392 g/mol. The summed E-state index contributed by atoms with van der Waals surface area (Å²) in [7, 11) is 3.52. The van der Waals surface area contributed by atoms with Crippen LogP contribution in [0.25, 0.3) is 6.08 Å². The minimum atomic E-state index is -0.0363. The second kappa shape index (κ2) is 8.93. The second-order valence-electron chi connectivity index (χ2n) is 6.54. The van der Waals surface area contributed by atoms with Gasteiger partial charge in [-0.25, -0.2) is 0 Å². The Morgan fingerprint density at radius 2 is 1.93 bits per heavy atom. The smallest absolute Gasteiger partial charge is 0.189 e. The highest BCUT2D eigenvalue weighted by Crippen LogP contribution is 2.29. The number of allylic oxidation sites excluding steroid dienone is 1. The van der Waals surface area contributed by atoms with Crippen LogP contribution >= 0.6 is 11.8 Å². The maximum absolute atomic E-state index is 12.6. The zero-order valence-corrected chi connectivity index (χ0v) is 17.4. The molecule has 0 aliphatic rings. The minimum absolute atomic E-state index is 0.0363. The number of aryl methyl sites for hydroxylation is 2. The predicted molar refractivity (Wildman–Crippen MR) is 115 cm³/mol. The summed E-state index contributed by atoms with van der Waals surface area (Å²) in [6.45, 7) is 3.76. The molecule has 0 amide bonds. The molecule has 2 aromatic carbocycles. The van der Waals surface area contributed by atoms with Crippen LogP contribution in [0.15, 0.2) is 59.5 Å². The number of rotatable bonds is 7. The van der Waals surface area contributed by atoms with Crippen LogP contribution in [0.1, 0.15) is 32.9 Å². The van der Waals surface area contributed by atoms with Crippen LogP contribution in [0.5, 0.6) is 5.75 Å². The van der Waals surface area contributed by atoms with Crippen molar-refractivity contribution in [2.45, 2.75) is 24.5 Å². The van der Waals surface area contributed by atoms with Crippen LogP contribution in [-0.2, 0) is 12.8 Å². The van der Waals surface area contributed by atoms with E-state index in [2.05, 4.69) is 23.3 Å². The van der Waals surface area contributed by atoms with Gasteiger partial charge in [0.2, 0.25) is 0 Å². The van der Waals surface area contributed by atoms with Crippen LogP contribution in [-0.4, -0.2) is 22.7 Å². The molecule has 28 heavy (non-hydrogen) atoms. The fourth-order valence-electron chi connectivity index (χ4n) is 3.05. The van der Waals surface area contributed by atoms with Crippen LogP contribution in [0.3, 0.4) is 0 Å². The molecule has 1 heterocycles. The van der Waals surface area contributed by atoms with Gasteiger partial charge < -0.3 is 4.74 Å². The molecule has 0 radical (unpaired) electrons. The van der Waals surface area contributed by atoms with Gasteiger partial charge in [-0.3, -0.25) is 9.48 Å². The van der Waals surface area contributed by atoms with E-state index in [1.165, 1.54) is 4.90 Å². The highest BCUT2D eigenvalue weighted by Gasteiger charge is 2.14. The molecule has 3 rings (SSSR count).